The lowest BCUT2D eigenvalue weighted by atomic mass is 10.1. The van der Waals surface area contributed by atoms with Gasteiger partial charge < -0.3 is 9.14 Å². The highest BCUT2D eigenvalue weighted by Gasteiger charge is 2.21. The minimum absolute atomic E-state index is 0.0755. The standard InChI is InChI=1S/C16H15N3O2S/c1-4-21-14(20)9-22-16-12(7-17)15-11(3)10(2)5-6-19(15)13(16)8-18/h5-6H,4,9H2,1-3H3. The number of hydrogen-bond acceptors (Lipinski definition) is 5. The summed E-state index contributed by atoms with van der Waals surface area (Å²) in [6, 6.07) is 6.21. The maximum absolute atomic E-state index is 11.5. The summed E-state index contributed by atoms with van der Waals surface area (Å²) in [6.45, 7) is 5.93. The average molecular weight is 313 g/mol. The Balaban J connectivity index is 2.59. The molecule has 112 valence electrons. The molecule has 2 aromatic rings. The van der Waals surface area contributed by atoms with Crippen molar-refractivity contribution in [2.75, 3.05) is 12.4 Å². The number of nitrogens with zero attached hydrogens (tertiary/aromatic N) is 3. The smallest absolute Gasteiger partial charge is 0.316 e. The van der Waals surface area contributed by atoms with Gasteiger partial charge in [0.25, 0.3) is 0 Å². The van der Waals surface area contributed by atoms with Crippen molar-refractivity contribution in [3.8, 4) is 12.1 Å². The van der Waals surface area contributed by atoms with Crippen molar-refractivity contribution in [3.63, 3.8) is 0 Å². The molecule has 0 fully saturated rings. The number of fused-ring (bicyclic) bond motifs is 1. The lowest BCUT2D eigenvalue weighted by Gasteiger charge is -2.03. The predicted molar refractivity (Wildman–Crippen MR) is 83.7 cm³/mol. The molecule has 0 bridgehead atoms. The number of esters is 1. The molecule has 2 aromatic heterocycles. The van der Waals surface area contributed by atoms with E-state index < -0.39 is 0 Å². The molecule has 0 N–H and O–H groups in total. The van der Waals surface area contributed by atoms with Crippen LogP contribution in [0, 0.1) is 36.5 Å². The second kappa shape index (κ2) is 6.55. The Hall–Kier alpha value is -2.44. The van der Waals surface area contributed by atoms with Crippen LogP contribution < -0.4 is 0 Å². The summed E-state index contributed by atoms with van der Waals surface area (Å²) >= 11 is 1.17. The van der Waals surface area contributed by atoms with Gasteiger partial charge in [0.2, 0.25) is 0 Å². The SMILES string of the molecule is CCOC(=O)CSc1c(C#N)c2c(C)c(C)ccn2c1C#N. The number of rotatable bonds is 4. The van der Waals surface area contributed by atoms with Crippen LogP contribution in [0.3, 0.4) is 0 Å². The second-order valence-corrected chi connectivity index (χ2v) is 5.70. The second-order valence-electron chi connectivity index (χ2n) is 4.71. The van der Waals surface area contributed by atoms with E-state index in [1.807, 2.05) is 19.9 Å². The summed E-state index contributed by atoms with van der Waals surface area (Å²) in [4.78, 5) is 12.1. The Morgan fingerprint density at radius 3 is 2.68 bits per heavy atom. The van der Waals surface area contributed by atoms with Gasteiger partial charge >= 0.3 is 5.97 Å². The number of aryl methyl sites for hydroxylation is 2. The first-order valence-electron chi connectivity index (χ1n) is 6.78. The van der Waals surface area contributed by atoms with Crippen LogP contribution in [-0.2, 0) is 9.53 Å². The van der Waals surface area contributed by atoms with E-state index >= 15 is 0 Å². The van der Waals surface area contributed by atoms with Gasteiger partial charge in [-0.2, -0.15) is 10.5 Å². The molecule has 6 heteroatoms. The molecule has 0 aromatic carbocycles. The summed E-state index contributed by atoms with van der Waals surface area (Å²) in [7, 11) is 0. The van der Waals surface area contributed by atoms with Gasteiger partial charge in [0, 0.05) is 6.20 Å². The first kappa shape index (κ1) is 15.9. The van der Waals surface area contributed by atoms with Gasteiger partial charge in [-0.05, 0) is 38.0 Å². The van der Waals surface area contributed by atoms with Crippen molar-refractivity contribution < 1.29 is 9.53 Å². The van der Waals surface area contributed by atoms with Gasteiger partial charge in [0.15, 0.2) is 0 Å². The molecule has 2 heterocycles. The molecule has 22 heavy (non-hydrogen) atoms. The largest absolute Gasteiger partial charge is 0.465 e. The Bertz CT molecular complexity index is 825. The Kier molecular flexibility index (Phi) is 4.75. The van der Waals surface area contributed by atoms with Crippen LogP contribution in [0.2, 0.25) is 0 Å². The average Bonchev–Trinajstić information content (AvgIpc) is 2.82. The number of thioether (sulfide) groups is 1. The number of hydrogen-bond donors (Lipinski definition) is 0. The molecule has 0 radical (unpaired) electrons. The Morgan fingerprint density at radius 2 is 2.09 bits per heavy atom. The van der Waals surface area contributed by atoms with Crippen LogP contribution in [0.5, 0.6) is 0 Å². The molecular formula is C16H15N3O2S. The maximum atomic E-state index is 11.5. The first-order chi connectivity index (χ1) is 10.5. The van der Waals surface area contributed by atoms with Gasteiger partial charge in [-0.25, -0.2) is 0 Å². The van der Waals surface area contributed by atoms with Crippen molar-refractivity contribution in [1.82, 2.24) is 4.40 Å². The molecule has 0 spiro atoms. The molecule has 5 nitrogen and oxygen atoms in total. The van der Waals surface area contributed by atoms with Crippen LogP contribution in [0.4, 0.5) is 0 Å². The lowest BCUT2D eigenvalue weighted by molar-refractivity contribution is -0.139. The zero-order chi connectivity index (χ0) is 16.3. The molecule has 2 rings (SSSR count). The highest BCUT2D eigenvalue weighted by molar-refractivity contribution is 8.00. The van der Waals surface area contributed by atoms with E-state index in [1.165, 1.54) is 11.8 Å². The zero-order valence-electron chi connectivity index (χ0n) is 12.6. The molecule has 0 aliphatic rings. The first-order valence-corrected chi connectivity index (χ1v) is 7.76. The monoisotopic (exact) mass is 313 g/mol. The number of carbonyl (C=O) groups is 1. The molecule has 0 amide bonds. The molecular weight excluding hydrogens is 298 g/mol. The van der Waals surface area contributed by atoms with E-state index in [2.05, 4.69) is 12.1 Å². The van der Waals surface area contributed by atoms with Gasteiger partial charge in [-0.3, -0.25) is 4.79 Å². The number of pyridine rings is 1. The van der Waals surface area contributed by atoms with Crippen molar-refractivity contribution >= 4 is 23.2 Å². The minimum Gasteiger partial charge on any atom is -0.465 e. The Labute approximate surface area is 133 Å². The van der Waals surface area contributed by atoms with Gasteiger partial charge in [-0.15, -0.1) is 11.8 Å². The fourth-order valence-electron chi connectivity index (χ4n) is 2.27. The van der Waals surface area contributed by atoms with Gasteiger partial charge in [0.05, 0.1) is 28.3 Å². The summed E-state index contributed by atoms with van der Waals surface area (Å²) in [5, 5.41) is 19.0. The summed E-state index contributed by atoms with van der Waals surface area (Å²) in [5.41, 5.74) is 3.55. The molecule has 0 saturated carbocycles. The third-order valence-corrected chi connectivity index (χ3v) is 4.50. The fraction of sp³-hybridized carbons (Fsp3) is 0.312. The zero-order valence-corrected chi connectivity index (χ0v) is 13.5. The van der Waals surface area contributed by atoms with Crippen molar-refractivity contribution in [2.45, 2.75) is 25.7 Å². The quantitative estimate of drug-likeness (QED) is 0.640. The highest BCUT2D eigenvalue weighted by Crippen LogP contribution is 2.34. The molecule has 0 atom stereocenters. The molecule has 0 aliphatic carbocycles. The summed E-state index contributed by atoms with van der Waals surface area (Å²) < 4.78 is 6.61. The van der Waals surface area contributed by atoms with Crippen LogP contribution in [0.1, 0.15) is 29.3 Å². The van der Waals surface area contributed by atoms with Gasteiger partial charge in [0.1, 0.15) is 17.8 Å². The van der Waals surface area contributed by atoms with E-state index in [0.717, 1.165) is 16.6 Å². The molecule has 0 saturated heterocycles. The van der Waals surface area contributed by atoms with E-state index in [4.69, 9.17) is 4.74 Å². The normalized spacial score (nSPS) is 10.2. The van der Waals surface area contributed by atoms with Crippen molar-refractivity contribution in [1.29, 1.82) is 10.5 Å². The van der Waals surface area contributed by atoms with Crippen LogP contribution in [0.15, 0.2) is 17.2 Å². The number of nitriles is 2. The molecule has 0 unspecified atom stereocenters. The highest BCUT2D eigenvalue weighted by atomic mass is 32.2. The van der Waals surface area contributed by atoms with Crippen LogP contribution >= 0.6 is 11.8 Å². The van der Waals surface area contributed by atoms with E-state index in [-0.39, 0.29) is 11.7 Å². The van der Waals surface area contributed by atoms with E-state index in [1.54, 1.807) is 17.5 Å². The van der Waals surface area contributed by atoms with E-state index in [0.29, 0.717) is 22.8 Å². The summed E-state index contributed by atoms with van der Waals surface area (Å²) in [5.74, 6) is -0.282. The fourth-order valence-corrected chi connectivity index (χ4v) is 3.18. The maximum Gasteiger partial charge on any atom is 0.316 e. The van der Waals surface area contributed by atoms with E-state index in [9.17, 15) is 15.3 Å². The van der Waals surface area contributed by atoms with Crippen LogP contribution in [-0.4, -0.2) is 22.7 Å². The number of aromatic nitrogens is 1. The van der Waals surface area contributed by atoms with Crippen LogP contribution in [0.25, 0.3) is 5.52 Å². The topological polar surface area (TPSA) is 78.3 Å². The predicted octanol–water partition coefficient (Wildman–Crippen LogP) is 2.95. The minimum atomic E-state index is -0.358. The molecule has 0 aliphatic heterocycles. The van der Waals surface area contributed by atoms with Crippen molar-refractivity contribution in [2.24, 2.45) is 0 Å². The third-order valence-electron chi connectivity index (χ3n) is 3.44. The number of ether oxygens (including phenoxy) is 1. The van der Waals surface area contributed by atoms with Crippen molar-refractivity contribution in [3.05, 3.63) is 34.6 Å². The number of carbonyl (C=O) groups excluding carboxylic acids is 1. The lowest BCUT2D eigenvalue weighted by Crippen LogP contribution is -2.06. The Morgan fingerprint density at radius 1 is 1.36 bits per heavy atom. The summed E-state index contributed by atoms with van der Waals surface area (Å²) in [6.07, 6.45) is 1.78. The third kappa shape index (κ3) is 2.66. The van der Waals surface area contributed by atoms with Gasteiger partial charge in [-0.1, -0.05) is 0 Å².